The zero-order valence-electron chi connectivity index (χ0n) is 48.4. The third kappa shape index (κ3) is 18.8. The Morgan fingerprint density at radius 2 is 1.50 bits per heavy atom. The lowest BCUT2D eigenvalue weighted by atomic mass is 9.78. The molecular weight excluding hydrogens is 1010 g/mol. The average Bonchev–Trinajstić information content (AvgIpc) is 3.45. The maximum Gasteiger partial charge on any atom is 0.329 e. The SMILES string of the molecule is CO[C@@H]1C(C)=C[C@@H](C)C(=O)C[C@@H]([C@H](C)C[C@@H]2CC[C@@H](OCCO)[C@H](OC)C2)OC(=O)[C@@H]2CCCCN2C(=O)C(=O)[C@]2(O)O[C@@H](CC[C@H]2C)C[C@H](OCCOCCOC2COC2)C(C)=CC=CC=C[C@@H](C)C[C@@H](C)C(=O)[C@@H]1OC. The monoisotopic (exact) mass is 1100 g/mol. The maximum absolute atomic E-state index is 14.7. The fraction of sp³-hybridized carbons (Fsp3) is 0.783. The topological polar surface area (TPSA) is 221 Å². The van der Waals surface area contributed by atoms with Crippen LogP contribution in [0.1, 0.15) is 126 Å². The van der Waals surface area contributed by atoms with Gasteiger partial charge >= 0.3 is 5.97 Å². The molecule has 0 aromatic rings. The van der Waals surface area contributed by atoms with Gasteiger partial charge in [0.25, 0.3) is 11.7 Å². The van der Waals surface area contributed by atoms with Gasteiger partial charge in [-0.1, -0.05) is 71.1 Å². The number of aliphatic hydroxyl groups excluding tert-OH is 1. The number of piperidine rings is 1. The Hall–Kier alpha value is -3.53. The fourth-order valence-electron chi connectivity index (χ4n) is 11.6. The molecule has 0 radical (unpaired) electrons. The number of ketones is 3. The van der Waals surface area contributed by atoms with E-state index in [4.69, 9.17) is 47.4 Å². The highest BCUT2D eigenvalue weighted by Gasteiger charge is 2.53. The molecule has 18 nitrogen and oxygen atoms in total. The molecule has 5 aliphatic rings. The number of allylic oxidation sites excluding steroid dienone is 6. The molecule has 4 heterocycles. The quantitative estimate of drug-likeness (QED) is 0.0673. The molecule has 5 rings (SSSR count). The molecule has 1 saturated carbocycles. The van der Waals surface area contributed by atoms with Crippen LogP contribution in [0.15, 0.2) is 47.6 Å². The molecule has 15 atom stereocenters. The van der Waals surface area contributed by atoms with E-state index in [1.54, 1.807) is 27.0 Å². The summed E-state index contributed by atoms with van der Waals surface area (Å²) < 4.78 is 59.3. The number of carbonyl (C=O) groups is 5. The molecule has 78 heavy (non-hydrogen) atoms. The molecular formula is C60H95NO17. The van der Waals surface area contributed by atoms with Crippen LogP contribution in [-0.4, -0.2) is 186 Å². The maximum atomic E-state index is 14.7. The van der Waals surface area contributed by atoms with Crippen molar-refractivity contribution in [2.75, 3.05) is 80.7 Å². The summed E-state index contributed by atoms with van der Waals surface area (Å²) in [6, 6.07) is -1.16. The number of cyclic esters (lactones) is 1. The Labute approximate surface area is 464 Å². The number of nitrogens with zero attached hydrogens (tertiary/aromatic N) is 1. The van der Waals surface area contributed by atoms with E-state index in [2.05, 4.69) is 0 Å². The van der Waals surface area contributed by atoms with Gasteiger partial charge in [0.05, 0.1) is 77.3 Å². The molecule has 1 aliphatic carbocycles. The van der Waals surface area contributed by atoms with Crippen LogP contribution in [0.4, 0.5) is 0 Å². The van der Waals surface area contributed by atoms with Crippen LogP contribution in [0.25, 0.3) is 0 Å². The molecule has 0 spiro atoms. The smallest absolute Gasteiger partial charge is 0.329 e. The van der Waals surface area contributed by atoms with Crippen LogP contribution in [0.5, 0.6) is 0 Å². The molecule has 0 aromatic heterocycles. The number of methoxy groups -OCH3 is 3. The first-order chi connectivity index (χ1) is 37.3. The highest BCUT2D eigenvalue weighted by molar-refractivity contribution is 6.39. The van der Waals surface area contributed by atoms with E-state index in [9.17, 15) is 34.2 Å². The van der Waals surface area contributed by atoms with E-state index in [-0.39, 0.29) is 99.2 Å². The van der Waals surface area contributed by atoms with E-state index < -0.39 is 71.8 Å². The summed E-state index contributed by atoms with van der Waals surface area (Å²) in [5.41, 5.74) is 1.49. The number of ether oxygens (including phenoxy) is 10. The number of Topliss-reactive ketones (excluding diaryl/α,β-unsaturated/α-hetero) is 3. The normalized spacial score (nSPS) is 34.6. The standard InChI is InChI=1S/C60H95NO17/c1-38-16-12-11-13-17-39(2)51(76-29-27-72-26-28-74-47-36-73-37-47)34-46-21-19-44(7)60(68,78-46)57(65)58(66)61-23-15-14-18-48(61)59(67)77-52(41(4)32-45-20-22-50(75-25-24-62)53(33-45)69-8)35-49(63)40(3)31-43(6)55(70-9)56(71-10)54(64)42(5)30-38/h11-13,16-17,31,38,40-42,44-48,50-53,55-56,62,68H,14-15,18-30,32-37H2,1-10H3/t38-,40-,41-,42-,44-,45+,46+,48+,50-,51+,52+,53-,55-,56+,60-/m1/s1. The minimum atomic E-state index is -2.48. The second kappa shape index (κ2) is 32.8. The highest BCUT2D eigenvalue weighted by Crippen LogP contribution is 2.38. The number of hydrogen-bond acceptors (Lipinski definition) is 17. The van der Waals surface area contributed by atoms with E-state index in [1.165, 1.54) is 19.1 Å². The molecule has 442 valence electrons. The van der Waals surface area contributed by atoms with Crippen LogP contribution in [0.2, 0.25) is 0 Å². The minimum Gasteiger partial charge on any atom is -0.460 e. The number of aliphatic hydroxyl groups is 2. The van der Waals surface area contributed by atoms with Crippen molar-refractivity contribution in [3.8, 4) is 0 Å². The second-order valence-corrected chi connectivity index (χ2v) is 22.6. The van der Waals surface area contributed by atoms with Gasteiger partial charge in [-0.25, -0.2) is 4.79 Å². The molecule has 1 amide bonds. The molecule has 4 fully saturated rings. The molecule has 2 N–H and O–H groups in total. The van der Waals surface area contributed by atoms with Gasteiger partial charge < -0.3 is 62.5 Å². The zero-order chi connectivity index (χ0) is 56.9. The summed E-state index contributed by atoms with van der Waals surface area (Å²) in [6.07, 6.45) is 12.9. The Bertz CT molecular complexity index is 2040. The number of amides is 1. The van der Waals surface area contributed by atoms with Crippen molar-refractivity contribution in [3.05, 3.63) is 47.6 Å². The lowest BCUT2D eigenvalue weighted by Crippen LogP contribution is -2.61. The van der Waals surface area contributed by atoms with Crippen molar-refractivity contribution in [2.24, 2.45) is 35.5 Å². The molecule has 2 bridgehead atoms. The lowest BCUT2D eigenvalue weighted by Gasteiger charge is -2.43. The summed E-state index contributed by atoms with van der Waals surface area (Å²) in [7, 11) is 4.63. The number of esters is 1. The first kappa shape index (κ1) is 65.3. The third-order valence-corrected chi connectivity index (χ3v) is 16.6. The summed E-state index contributed by atoms with van der Waals surface area (Å²) in [5, 5.41) is 21.7. The van der Waals surface area contributed by atoms with E-state index in [0.717, 1.165) is 12.0 Å². The van der Waals surface area contributed by atoms with Gasteiger partial charge in [-0.15, -0.1) is 0 Å². The van der Waals surface area contributed by atoms with Gasteiger partial charge in [0.15, 0.2) is 5.78 Å². The first-order valence-corrected chi connectivity index (χ1v) is 28.8. The number of hydrogen-bond donors (Lipinski definition) is 2. The van der Waals surface area contributed by atoms with Gasteiger partial charge in [-0.05, 0) is 107 Å². The molecule has 3 saturated heterocycles. The third-order valence-electron chi connectivity index (χ3n) is 16.6. The van der Waals surface area contributed by atoms with E-state index in [0.29, 0.717) is 90.0 Å². The van der Waals surface area contributed by atoms with Crippen LogP contribution < -0.4 is 0 Å². The summed E-state index contributed by atoms with van der Waals surface area (Å²) in [5.74, 6) is -7.72. The summed E-state index contributed by atoms with van der Waals surface area (Å²) >= 11 is 0. The molecule has 0 unspecified atom stereocenters. The van der Waals surface area contributed by atoms with Gasteiger partial charge in [-0.2, -0.15) is 0 Å². The summed E-state index contributed by atoms with van der Waals surface area (Å²) in [6.45, 7) is 15.8. The van der Waals surface area contributed by atoms with Gasteiger partial charge in [0.1, 0.15) is 36.2 Å². The predicted molar refractivity (Wildman–Crippen MR) is 291 cm³/mol. The van der Waals surface area contributed by atoms with Crippen molar-refractivity contribution in [2.45, 2.75) is 186 Å². The van der Waals surface area contributed by atoms with Crippen LogP contribution >= 0.6 is 0 Å². The number of fused-ring (bicyclic) bond motifs is 3. The molecule has 0 aromatic carbocycles. The largest absolute Gasteiger partial charge is 0.460 e. The highest BCUT2D eigenvalue weighted by atomic mass is 16.6. The number of rotatable bonds is 17. The minimum absolute atomic E-state index is 0.0257. The van der Waals surface area contributed by atoms with Crippen molar-refractivity contribution >= 4 is 29.2 Å². The van der Waals surface area contributed by atoms with Gasteiger partial charge in [-0.3, -0.25) is 19.2 Å². The average molecular weight is 1100 g/mol. The zero-order valence-corrected chi connectivity index (χ0v) is 48.4. The Morgan fingerprint density at radius 3 is 2.18 bits per heavy atom. The Kier molecular flexibility index (Phi) is 27.4. The van der Waals surface area contributed by atoms with Gasteiger partial charge in [0, 0.05) is 58.5 Å². The van der Waals surface area contributed by atoms with Crippen molar-refractivity contribution < 1.29 is 81.6 Å². The van der Waals surface area contributed by atoms with Crippen LogP contribution in [-0.2, 0) is 71.3 Å². The molecule has 4 aliphatic heterocycles. The van der Waals surface area contributed by atoms with E-state index in [1.807, 2.05) is 65.0 Å². The number of carbonyl (C=O) groups excluding carboxylic acids is 5. The van der Waals surface area contributed by atoms with Crippen molar-refractivity contribution in [3.63, 3.8) is 0 Å². The van der Waals surface area contributed by atoms with Crippen molar-refractivity contribution in [1.29, 1.82) is 0 Å². The summed E-state index contributed by atoms with van der Waals surface area (Å²) in [4.78, 5) is 73.5. The first-order valence-electron chi connectivity index (χ1n) is 28.8. The molecule has 18 heteroatoms. The second-order valence-electron chi connectivity index (χ2n) is 22.6. The fourth-order valence-corrected chi connectivity index (χ4v) is 11.6. The Morgan fingerprint density at radius 1 is 0.769 bits per heavy atom. The van der Waals surface area contributed by atoms with Crippen LogP contribution in [0.3, 0.4) is 0 Å². The lowest BCUT2D eigenvalue weighted by molar-refractivity contribution is -0.266. The van der Waals surface area contributed by atoms with Crippen molar-refractivity contribution in [1.82, 2.24) is 4.90 Å². The predicted octanol–water partition coefficient (Wildman–Crippen LogP) is 6.65. The van der Waals surface area contributed by atoms with E-state index >= 15 is 0 Å². The Balaban J connectivity index is 1.45. The van der Waals surface area contributed by atoms with Crippen LogP contribution in [0, 0.1) is 35.5 Å². The van der Waals surface area contributed by atoms with Gasteiger partial charge in [0.2, 0.25) is 5.79 Å².